The summed E-state index contributed by atoms with van der Waals surface area (Å²) in [5, 5.41) is 3.25. The normalized spacial score (nSPS) is 18.3. The Kier molecular flexibility index (Phi) is 4.55. The van der Waals surface area contributed by atoms with Crippen molar-refractivity contribution in [3.63, 3.8) is 0 Å². The fourth-order valence-corrected chi connectivity index (χ4v) is 3.48. The number of ether oxygens (including phenoxy) is 1. The number of nitrogens with two attached hydrogens (primary N) is 1. The highest BCUT2D eigenvalue weighted by Gasteiger charge is 2.24. The molecule has 0 spiro atoms. The van der Waals surface area contributed by atoms with Crippen LogP contribution in [0.2, 0.25) is 0 Å². The monoisotopic (exact) mass is 298 g/mol. The smallest absolute Gasteiger partial charge is 0.178 e. The molecule has 0 amide bonds. The van der Waals surface area contributed by atoms with Crippen LogP contribution < -0.4 is 15.8 Å². The topological polar surface area (TPSA) is 81.4 Å². The Bertz CT molecular complexity index is 570. The minimum absolute atomic E-state index is 0.0811. The Hall–Kier alpha value is -1.27. The van der Waals surface area contributed by atoms with Gasteiger partial charge < -0.3 is 15.8 Å². The first-order chi connectivity index (χ1) is 9.44. The van der Waals surface area contributed by atoms with Gasteiger partial charge in [0.1, 0.15) is 11.9 Å². The summed E-state index contributed by atoms with van der Waals surface area (Å²) >= 11 is 0. The molecule has 5 nitrogen and oxygen atoms in total. The second-order valence-corrected chi connectivity index (χ2v) is 7.51. The summed E-state index contributed by atoms with van der Waals surface area (Å²) in [7, 11) is -3.26. The van der Waals surface area contributed by atoms with Crippen molar-refractivity contribution in [3.8, 4) is 5.75 Å². The van der Waals surface area contributed by atoms with E-state index < -0.39 is 9.84 Å². The van der Waals surface area contributed by atoms with Crippen LogP contribution in [0.25, 0.3) is 0 Å². The molecule has 1 aliphatic rings. The molecule has 0 aliphatic carbocycles. The summed E-state index contributed by atoms with van der Waals surface area (Å²) in [5.41, 5.74) is 6.12. The lowest BCUT2D eigenvalue weighted by molar-refractivity contribution is 0.156. The standard InChI is InChI=1S/C14H22N2O3S/c1-10(2)14-9-16-12-8-11(4-5-13(12)19-14)20(17,18)7-3-6-15/h4-5,8,10,14,16H,3,6-7,9,15H2,1-2H3. The quantitative estimate of drug-likeness (QED) is 0.863. The molecule has 1 atom stereocenters. The number of rotatable bonds is 5. The Morgan fingerprint density at radius 1 is 1.45 bits per heavy atom. The van der Waals surface area contributed by atoms with Crippen molar-refractivity contribution in [3.05, 3.63) is 18.2 Å². The van der Waals surface area contributed by atoms with Crippen molar-refractivity contribution < 1.29 is 13.2 Å². The van der Waals surface area contributed by atoms with Crippen molar-refractivity contribution in [2.75, 3.05) is 24.2 Å². The fraction of sp³-hybridized carbons (Fsp3) is 0.571. The number of hydrogen-bond acceptors (Lipinski definition) is 5. The molecule has 1 heterocycles. The molecule has 0 bridgehead atoms. The zero-order chi connectivity index (χ0) is 14.8. The van der Waals surface area contributed by atoms with E-state index in [4.69, 9.17) is 10.5 Å². The van der Waals surface area contributed by atoms with E-state index in [2.05, 4.69) is 19.2 Å². The molecule has 0 radical (unpaired) electrons. The van der Waals surface area contributed by atoms with Gasteiger partial charge in [-0.2, -0.15) is 0 Å². The lowest BCUT2D eigenvalue weighted by Crippen LogP contribution is -2.35. The minimum atomic E-state index is -3.26. The van der Waals surface area contributed by atoms with Crippen molar-refractivity contribution in [2.45, 2.75) is 31.3 Å². The molecule has 20 heavy (non-hydrogen) atoms. The highest BCUT2D eigenvalue weighted by Crippen LogP contribution is 2.33. The van der Waals surface area contributed by atoms with Gasteiger partial charge in [0.15, 0.2) is 9.84 Å². The van der Waals surface area contributed by atoms with Gasteiger partial charge in [-0.25, -0.2) is 8.42 Å². The molecule has 112 valence electrons. The van der Waals surface area contributed by atoms with Crippen molar-refractivity contribution in [1.29, 1.82) is 0 Å². The number of fused-ring (bicyclic) bond motifs is 1. The van der Waals surface area contributed by atoms with Crippen LogP contribution in [0.1, 0.15) is 20.3 Å². The number of anilines is 1. The third-order valence-electron chi connectivity index (χ3n) is 3.44. The highest BCUT2D eigenvalue weighted by atomic mass is 32.2. The van der Waals surface area contributed by atoms with Gasteiger partial charge in [0.2, 0.25) is 0 Å². The molecule has 0 fully saturated rings. The molecule has 1 aliphatic heterocycles. The first-order valence-corrected chi connectivity index (χ1v) is 8.56. The van der Waals surface area contributed by atoms with Crippen LogP contribution in [-0.2, 0) is 9.84 Å². The molecule has 1 unspecified atom stereocenters. The molecule has 1 aromatic carbocycles. The maximum atomic E-state index is 12.1. The van der Waals surface area contributed by atoms with E-state index in [0.29, 0.717) is 36.1 Å². The lowest BCUT2D eigenvalue weighted by atomic mass is 10.1. The zero-order valence-electron chi connectivity index (χ0n) is 11.9. The summed E-state index contributed by atoms with van der Waals surface area (Å²) in [6, 6.07) is 4.99. The van der Waals surface area contributed by atoms with Gasteiger partial charge in [0, 0.05) is 0 Å². The van der Waals surface area contributed by atoms with Crippen molar-refractivity contribution >= 4 is 15.5 Å². The van der Waals surface area contributed by atoms with E-state index in [1.165, 1.54) is 0 Å². The highest BCUT2D eigenvalue weighted by molar-refractivity contribution is 7.91. The predicted octanol–water partition coefficient (Wildman–Crippen LogP) is 1.64. The van der Waals surface area contributed by atoms with Gasteiger partial charge in [-0.15, -0.1) is 0 Å². The molecule has 0 aromatic heterocycles. The van der Waals surface area contributed by atoms with Crippen LogP contribution >= 0.6 is 0 Å². The SMILES string of the molecule is CC(C)C1CNc2cc(S(=O)(=O)CCCN)ccc2O1. The van der Waals surface area contributed by atoms with Gasteiger partial charge in [-0.3, -0.25) is 0 Å². The number of hydrogen-bond donors (Lipinski definition) is 2. The maximum absolute atomic E-state index is 12.1. The van der Waals surface area contributed by atoms with Crippen LogP contribution in [0.3, 0.4) is 0 Å². The second kappa shape index (κ2) is 6.01. The number of sulfone groups is 1. The van der Waals surface area contributed by atoms with Gasteiger partial charge in [0.25, 0.3) is 0 Å². The minimum Gasteiger partial charge on any atom is -0.486 e. The maximum Gasteiger partial charge on any atom is 0.178 e. The summed E-state index contributed by atoms with van der Waals surface area (Å²) in [4.78, 5) is 0.323. The van der Waals surface area contributed by atoms with Gasteiger partial charge in [-0.05, 0) is 37.1 Å². The molecule has 3 N–H and O–H groups in total. The van der Waals surface area contributed by atoms with Crippen LogP contribution in [0, 0.1) is 5.92 Å². The van der Waals surface area contributed by atoms with E-state index in [-0.39, 0.29) is 11.9 Å². The van der Waals surface area contributed by atoms with Crippen molar-refractivity contribution in [2.24, 2.45) is 11.7 Å². The molecule has 2 rings (SSSR count). The van der Waals surface area contributed by atoms with E-state index in [1.807, 2.05) is 0 Å². The van der Waals surface area contributed by atoms with E-state index in [9.17, 15) is 8.42 Å². The van der Waals surface area contributed by atoms with E-state index in [1.54, 1.807) is 18.2 Å². The van der Waals surface area contributed by atoms with Crippen LogP contribution in [-0.4, -0.2) is 33.4 Å². The van der Waals surface area contributed by atoms with Gasteiger partial charge >= 0.3 is 0 Å². The first kappa shape index (κ1) is 15.1. The van der Waals surface area contributed by atoms with Crippen LogP contribution in [0.15, 0.2) is 23.1 Å². The Labute approximate surface area is 120 Å². The van der Waals surface area contributed by atoms with Crippen molar-refractivity contribution in [1.82, 2.24) is 0 Å². The molecule has 0 saturated heterocycles. The Morgan fingerprint density at radius 2 is 2.20 bits per heavy atom. The van der Waals surface area contributed by atoms with Crippen LogP contribution in [0.5, 0.6) is 5.75 Å². The zero-order valence-corrected chi connectivity index (χ0v) is 12.7. The summed E-state index contributed by atoms with van der Waals surface area (Å²) in [6.07, 6.45) is 0.584. The molecule has 6 heteroatoms. The number of benzene rings is 1. The second-order valence-electron chi connectivity index (χ2n) is 5.40. The summed E-state index contributed by atoms with van der Waals surface area (Å²) in [5.74, 6) is 1.20. The average Bonchev–Trinajstić information content (AvgIpc) is 2.44. The molecular weight excluding hydrogens is 276 g/mol. The Balaban J connectivity index is 2.22. The largest absolute Gasteiger partial charge is 0.486 e. The van der Waals surface area contributed by atoms with Crippen LogP contribution in [0.4, 0.5) is 5.69 Å². The first-order valence-electron chi connectivity index (χ1n) is 6.91. The third kappa shape index (κ3) is 3.24. The lowest BCUT2D eigenvalue weighted by Gasteiger charge is -2.30. The molecule has 1 aromatic rings. The molecule has 0 saturated carbocycles. The third-order valence-corrected chi connectivity index (χ3v) is 5.24. The predicted molar refractivity (Wildman–Crippen MR) is 79.9 cm³/mol. The number of nitrogens with one attached hydrogen (secondary N) is 1. The van der Waals surface area contributed by atoms with Gasteiger partial charge in [-0.1, -0.05) is 13.8 Å². The average molecular weight is 298 g/mol. The molecular formula is C14H22N2O3S. The van der Waals surface area contributed by atoms with E-state index >= 15 is 0 Å². The Morgan fingerprint density at radius 3 is 2.85 bits per heavy atom. The summed E-state index contributed by atoms with van der Waals surface area (Å²) in [6.45, 7) is 5.27. The summed E-state index contributed by atoms with van der Waals surface area (Å²) < 4.78 is 30.1. The van der Waals surface area contributed by atoms with E-state index in [0.717, 1.165) is 5.69 Å². The van der Waals surface area contributed by atoms with Gasteiger partial charge in [0.05, 0.1) is 22.9 Å². The fourth-order valence-electron chi connectivity index (χ4n) is 2.12.